The largest absolute Gasteiger partial charge is 0.473 e. The highest BCUT2D eigenvalue weighted by atomic mass is 16.7. The molecule has 0 amide bonds. The fourth-order valence-corrected chi connectivity index (χ4v) is 4.17. The molecular weight excluding hydrogens is 468 g/mol. The molecule has 10 heteroatoms. The van der Waals surface area contributed by atoms with Gasteiger partial charge in [-0.05, 0) is 44.0 Å². The Kier molecular flexibility index (Phi) is 9.70. The number of aromatic nitrogens is 2. The van der Waals surface area contributed by atoms with Crippen molar-refractivity contribution in [3.05, 3.63) is 53.8 Å². The number of rotatable bonds is 11. The molecule has 200 valence electrons. The summed E-state index contributed by atoms with van der Waals surface area (Å²) in [5, 5.41) is 3.28. The lowest BCUT2D eigenvalue weighted by Gasteiger charge is -2.29. The maximum Gasteiger partial charge on any atom is 0.228 e. The third kappa shape index (κ3) is 8.41. The molecule has 3 heterocycles. The van der Waals surface area contributed by atoms with Gasteiger partial charge in [-0.1, -0.05) is 51.1 Å². The Morgan fingerprint density at radius 3 is 2.86 bits per heavy atom. The van der Waals surface area contributed by atoms with Crippen LogP contribution in [0.3, 0.4) is 0 Å². The van der Waals surface area contributed by atoms with Gasteiger partial charge in [0, 0.05) is 25.6 Å². The summed E-state index contributed by atoms with van der Waals surface area (Å²) in [4.78, 5) is 22.0. The van der Waals surface area contributed by atoms with Crippen LogP contribution in [0.4, 0.5) is 11.8 Å². The first-order valence-corrected chi connectivity index (χ1v) is 13.2. The first kappa shape index (κ1) is 26.8. The van der Waals surface area contributed by atoms with Gasteiger partial charge in [-0.2, -0.15) is 9.97 Å². The van der Waals surface area contributed by atoms with Crippen LogP contribution >= 0.6 is 0 Å². The lowest BCUT2D eigenvalue weighted by molar-refractivity contribution is 0.100. The van der Waals surface area contributed by atoms with E-state index in [0.29, 0.717) is 30.1 Å². The maximum absolute atomic E-state index is 6.29. The van der Waals surface area contributed by atoms with Crippen molar-refractivity contribution < 1.29 is 9.57 Å². The zero-order valence-electron chi connectivity index (χ0n) is 22.3. The van der Waals surface area contributed by atoms with Gasteiger partial charge in [-0.25, -0.2) is 10.4 Å². The smallest absolute Gasteiger partial charge is 0.228 e. The molecule has 2 aliphatic rings. The van der Waals surface area contributed by atoms with E-state index in [1.807, 2.05) is 18.2 Å². The first-order valence-electron chi connectivity index (χ1n) is 13.2. The van der Waals surface area contributed by atoms with Crippen molar-refractivity contribution in [3.8, 4) is 5.88 Å². The average molecular weight is 509 g/mol. The van der Waals surface area contributed by atoms with Crippen LogP contribution < -0.4 is 26.4 Å². The highest BCUT2D eigenvalue weighted by Gasteiger charge is 2.21. The summed E-state index contributed by atoms with van der Waals surface area (Å²) in [5.74, 6) is 3.59. The van der Waals surface area contributed by atoms with Crippen molar-refractivity contribution in [2.75, 3.05) is 38.5 Å². The van der Waals surface area contributed by atoms with Crippen molar-refractivity contribution >= 4 is 17.6 Å². The fraction of sp³-hybridized carbons (Fsp3) is 0.519. The van der Waals surface area contributed by atoms with Gasteiger partial charge in [0.1, 0.15) is 17.7 Å². The Bertz CT molecular complexity index is 1060. The van der Waals surface area contributed by atoms with Gasteiger partial charge < -0.3 is 25.2 Å². The molecule has 37 heavy (non-hydrogen) atoms. The monoisotopic (exact) mass is 508 g/mol. The van der Waals surface area contributed by atoms with E-state index in [0.717, 1.165) is 56.1 Å². The third-order valence-corrected chi connectivity index (χ3v) is 6.13. The van der Waals surface area contributed by atoms with E-state index in [1.54, 1.807) is 6.07 Å². The molecule has 10 nitrogen and oxygen atoms in total. The topological polar surface area (TPSA) is 108 Å². The molecule has 1 aromatic heterocycles. The predicted octanol–water partition coefficient (Wildman–Crippen LogP) is 3.71. The normalized spacial score (nSPS) is 20.5. The Hall–Kier alpha value is -3.21. The lowest BCUT2D eigenvalue weighted by Crippen LogP contribution is -2.39. The van der Waals surface area contributed by atoms with Gasteiger partial charge in [-0.3, -0.25) is 0 Å². The Morgan fingerprint density at radius 2 is 2.11 bits per heavy atom. The number of likely N-dealkylation sites (N-methyl/N-ethyl adjacent to an activating group) is 1. The maximum atomic E-state index is 6.29. The number of hydrazine groups is 1. The molecule has 0 bridgehead atoms. The molecule has 1 aromatic carbocycles. The number of amidine groups is 1. The molecular formula is C27H40N8O2. The van der Waals surface area contributed by atoms with E-state index < -0.39 is 0 Å². The van der Waals surface area contributed by atoms with Crippen molar-refractivity contribution in [1.29, 1.82) is 0 Å². The van der Waals surface area contributed by atoms with E-state index >= 15 is 0 Å². The van der Waals surface area contributed by atoms with Crippen LogP contribution in [0.15, 0.2) is 53.2 Å². The second kappa shape index (κ2) is 13.4. The molecule has 2 aromatic rings. The minimum absolute atomic E-state index is 0.00793. The highest BCUT2D eigenvalue weighted by Crippen LogP contribution is 2.24. The first-order chi connectivity index (χ1) is 18.0. The number of anilines is 1. The number of piperidine rings is 1. The molecule has 0 radical (unpaired) electrons. The number of nitrogens with one attached hydrogen (secondary N) is 4. The van der Waals surface area contributed by atoms with Crippen LogP contribution in [0, 0.1) is 5.92 Å². The van der Waals surface area contributed by atoms with Crippen molar-refractivity contribution in [2.24, 2.45) is 10.9 Å². The third-order valence-electron chi connectivity index (χ3n) is 6.13. The number of hydroxylamine groups is 1. The van der Waals surface area contributed by atoms with Gasteiger partial charge in [0.05, 0.1) is 12.6 Å². The van der Waals surface area contributed by atoms with E-state index in [4.69, 9.17) is 14.6 Å². The van der Waals surface area contributed by atoms with Crippen LogP contribution in [0.1, 0.15) is 51.6 Å². The summed E-state index contributed by atoms with van der Waals surface area (Å²) < 4.78 is 6.29. The Morgan fingerprint density at radius 1 is 1.27 bits per heavy atom. The van der Waals surface area contributed by atoms with Gasteiger partial charge in [0.25, 0.3) is 0 Å². The van der Waals surface area contributed by atoms with Gasteiger partial charge in [0.2, 0.25) is 11.8 Å². The van der Waals surface area contributed by atoms with Crippen molar-refractivity contribution in [3.63, 3.8) is 0 Å². The lowest BCUT2D eigenvalue weighted by atomic mass is 10.1. The second-order valence-corrected chi connectivity index (χ2v) is 9.94. The minimum atomic E-state index is 0.00793. The van der Waals surface area contributed by atoms with Crippen LogP contribution in [-0.2, 0) is 4.84 Å². The quantitative estimate of drug-likeness (QED) is 0.205. The highest BCUT2D eigenvalue weighted by molar-refractivity contribution is 5.83. The zero-order valence-corrected chi connectivity index (χ0v) is 22.3. The minimum Gasteiger partial charge on any atom is -0.473 e. The number of benzene rings is 1. The molecule has 0 spiro atoms. The molecule has 2 unspecified atom stereocenters. The molecule has 0 saturated carbocycles. The van der Waals surface area contributed by atoms with Gasteiger partial charge in [0.15, 0.2) is 5.82 Å². The number of ether oxygens (including phenoxy) is 1. The summed E-state index contributed by atoms with van der Waals surface area (Å²) in [5.41, 5.74) is 10.6. The second-order valence-electron chi connectivity index (χ2n) is 9.94. The molecule has 4 rings (SSSR count). The number of hydrogen-bond donors (Lipinski definition) is 4. The fourth-order valence-electron chi connectivity index (χ4n) is 4.17. The molecule has 1 saturated heterocycles. The number of hydrogen-bond acceptors (Lipinski definition) is 9. The summed E-state index contributed by atoms with van der Waals surface area (Å²) >= 11 is 0. The predicted molar refractivity (Wildman–Crippen MR) is 147 cm³/mol. The van der Waals surface area contributed by atoms with Crippen LogP contribution in [0.25, 0.3) is 0 Å². The molecule has 4 N–H and O–H groups in total. The van der Waals surface area contributed by atoms with E-state index in [9.17, 15) is 0 Å². The Labute approximate surface area is 219 Å². The standard InChI is InChI=1S/C27H40N8O2/c1-5-24(33-29-16-19(2)3)30-25-15-26(36-21-12-9-13-35(4)18-21)32-27(31-25)28-17-22-14-23(34-37-22)20-10-7-6-8-11-20/h6-8,10-11,14-15,19,21,23,29,34H,5,9,12-13,16-18H2,1-4H3,(H2,28,30,31,32,33). The van der Waals surface area contributed by atoms with Gasteiger partial charge in [-0.15, -0.1) is 5.48 Å². The van der Waals surface area contributed by atoms with Crippen LogP contribution in [0.5, 0.6) is 5.88 Å². The van der Waals surface area contributed by atoms with Crippen LogP contribution in [0.2, 0.25) is 0 Å². The van der Waals surface area contributed by atoms with E-state index in [2.05, 4.69) is 82.5 Å². The number of aliphatic imine (C=N–C) groups is 1. The molecule has 1 fully saturated rings. The summed E-state index contributed by atoms with van der Waals surface area (Å²) in [7, 11) is 2.12. The number of nitrogens with zero attached hydrogens (tertiary/aromatic N) is 4. The Balaban J connectivity index is 1.48. The van der Waals surface area contributed by atoms with Crippen LogP contribution in [-0.4, -0.2) is 60.0 Å². The van der Waals surface area contributed by atoms with Crippen molar-refractivity contribution in [1.82, 2.24) is 31.2 Å². The summed E-state index contributed by atoms with van der Waals surface area (Å²) in [6.07, 6.45) is 4.98. The average Bonchev–Trinajstić information content (AvgIpc) is 3.36. The summed E-state index contributed by atoms with van der Waals surface area (Å²) in [6.45, 7) is 9.61. The molecule has 2 atom stereocenters. The SMILES string of the molecule is CC/C(=N\c1cc(OC2CCCN(C)C2)nc(NCC2=CC(c3ccccc3)NO2)n1)NNCC(C)C. The van der Waals surface area contributed by atoms with E-state index in [-0.39, 0.29) is 12.1 Å². The van der Waals surface area contributed by atoms with Crippen molar-refractivity contribution in [2.45, 2.75) is 52.2 Å². The molecule has 2 aliphatic heterocycles. The summed E-state index contributed by atoms with van der Waals surface area (Å²) in [6, 6.07) is 12.0. The number of likely N-dealkylation sites (tertiary alicyclic amines) is 1. The molecule has 0 aliphatic carbocycles. The van der Waals surface area contributed by atoms with E-state index in [1.165, 1.54) is 0 Å². The van der Waals surface area contributed by atoms with Gasteiger partial charge >= 0.3 is 0 Å². The zero-order chi connectivity index (χ0) is 26.0.